The smallest absolute Gasteiger partial charge is 0.335 e. The van der Waals surface area contributed by atoms with Crippen LogP contribution in [-0.2, 0) is 0 Å². The number of fused-ring (bicyclic) bond motifs is 1. The van der Waals surface area contributed by atoms with Crippen LogP contribution in [0.1, 0.15) is 47.5 Å². The Morgan fingerprint density at radius 3 is 2.62 bits per heavy atom. The van der Waals surface area contributed by atoms with Gasteiger partial charge in [0.2, 0.25) is 0 Å². The third-order valence-corrected chi connectivity index (χ3v) is 5.37. The van der Waals surface area contributed by atoms with Gasteiger partial charge in [-0.2, -0.15) is 0 Å². The highest BCUT2D eigenvalue weighted by atomic mass is 79.9. The first-order valence-corrected chi connectivity index (χ1v) is 8.65. The van der Waals surface area contributed by atoms with Crippen molar-refractivity contribution in [1.29, 1.82) is 0 Å². The summed E-state index contributed by atoms with van der Waals surface area (Å²) >= 11 is 9.76. The molecule has 126 valence electrons. The fourth-order valence-electron chi connectivity index (χ4n) is 3.21. The van der Waals surface area contributed by atoms with E-state index in [0.717, 1.165) is 10.0 Å². The van der Waals surface area contributed by atoms with Crippen molar-refractivity contribution in [2.45, 2.75) is 26.0 Å². The van der Waals surface area contributed by atoms with Crippen molar-refractivity contribution in [3.8, 4) is 0 Å². The first-order valence-electron chi connectivity index (χ1n) is 7.48. The van der Waals surface area contributed by atoms with Crippen molar-refractivity contribution in [3.63, 3.8) is 0 Å². The Kier molecular flexibility index (Phi) is 4.36. The molecule has 2 atom stereocenters. The van der Waals surface area contributed by atoms with Gasteiger partial charge in [-0.15, -0.1) is 0 Å². The number of rotatable bonds is 2. The Bertz CT molecular complexity index is 822. The van der Waals surface area contributed by atoms with Crippen LogP contribution >= 0.6 is 27.5 Å². The molecule has 0 bridgehead atoms. The summed E-state index contributed by atoms with van der Waals surface area (Å²) in [5.41, 5.74) is 1.61. The molecule has 0 saturated carbocycles. The molecule has 2 aromatic carbocycles. The summed E-state index contributed by atoms with van der Waals surface area (Å²) in [5.74, 6) is -1.07. The summed E-state index contributed by atoms with van der Waals surface area (Å²) < 4.78 is 0.949. The first-order chi connectivity index (χ1) is 11.2. The molecule has 1 aliphatic rings. The third-order valence-electron chi connectivity index (χ3n) is 4.58. The fourth-order valence-corrected chi connectivity index (χ4v) is 3.91. The zero-order chi connectivity index (χ0) is 17.6. The van der Waals surface area contributed by atoms with Gasteiger partial charge < -0.3 is 15.5 Å². The molecule has 0 saturated heterocycles. The van der Waals surface area contributed by atoms with Crippen molar-refractivity contribution in [1.82, 2.24) is 0 Å². The van der Waals surface area contributed by atoms with Crippen LogP contribution in [0, 0.1) is 5.41 Å². The minimum Gasteiger partial charge on any atom is -0.478 e. The Balaban J connectivity index is 2.15. The second kappa shape index (κ2) is 6.06. The molecule has 1 heterocycles. The van der Waals surface area contributed by atoms with Crippen molar-refractivity contribution in [2.24, 2.45) is 5.41 Å². The van der Waals surface area contributed by atoms with Gasteiger partial charge in [0.15, 0.2) is 0 Å². The normalized spacial score (nSPS) is 21.7. The highest BCUT2D eigenvalue weighted by Gasteiger charge is 2.44. The fraction of sp³-hybridized carbons (Fsp3) is 0.278. The molecule has 3 rings (SSSR count). The number of aliphatic hydroxyl groups is 1. The Labute approximate surface area is 153 Å². The molecule has 0 amide bonds. The quantitative estimate of drug-likeness (QED) is 0.649. The van der Waals surface area contributed by atoms with Crippen LogP contribution < -0.4 is 5.32 Å². The van der Waals surface area contributed by atoms with E-state index in [1.807, 2.05) is 38.1 Å². The lowest BCUT2D eigenvalue weighted by Crippen LogP contribution is -2.39. The van der Waals surface area contributed by atoms with Gasteiger partial charge in [-0.1, -0.05) is 53.5 Å². The molecular weight excluding hydrogens is 394 g/mol. The molecule has 6 heteroatoms. The van der Waals surface area contributed by atoms with E-state index in [0.29, 0.717) is 16.3 Å². The van der Waals surface area contributed by atoms with Gasteiger partial charge in [-0.05, 0) is 29.8 Å². The second-order valence-electron chi connectivity index (χ2n) is 6.58. The largest absolute Gasteiger partial charge is 0.478 e. The molecule has 0 aliphatic carbocycles. The second-order valence-corrected chi connectivity index (χ2v) is 7.91. The predicted molar refractivity (Wildman–Crippen MR) is 97.7 cm³/mol. The summed E-state index contributed by atoms with van der Waals surface area (Å²) in [6.07, 6.45) is -0.852. The van der Waals surface area contributed by atoms with Crippen LogP contribution in [-0.4, -0.2) is 16.2 Å². The maximum Gasteiger partial charge on any atom is 0.335 e. The summed E-state index contributed by atoms with van der Waals surface area (Å²) in [5, 5.41) is 23.8. The van der Waals surface area contributed by atoms with Gasteiger partial charge in [-0.3, -0.25) is 0 Å². The molecule has 0 aromatic heterocycles. The number of anilines is 1. The van der Waals surface area contributed by atoms with Crippen molar-refractivity contribution in [2.75, 3.05) is 5.32 Å². The van der Waals surface area contributed by atoms with Crippen LogP contribution in [0.4, 0.5) is 5.69 Å². The summed E-state index contributed by atoms with van der Waals surface area (Å²) in [6, 6.07) is 10.6. The minimum atomic E-state index is -1.07. The number of hydrogen-bond donors (Lipinski definition) is 3. The third kappa shape index (κ3) is 2.81. The summed E-state index contributed by atoms with van der Waals surface area (Å²) in [7, 11) is 0. The maximum atomic E-state index is 11.3. The van der Waals surface area contributed by atoms with E-state index < -0.39 is 17.5 Å². The number of carbonyl (C=O) groups is 1. The lowest BCUT2D eigenvalue weighted by atomic mass is 9.70. The molecule has 0 spiro atoms. The van der Waals surface area contributed by atoms with Crippen LogP contribution in [0.25, 0.3) is 0 Å². The molecule has 2 unspecified atom stereocenters. The van der Waals surface area contributed by atoms with Crippen LogP contribution in [0.15, 0.2) is 40.9 Å². The van der Waals surface area contributed by atoms with Crippen molar-refractivity contribution >= 4 is 39.2 Å². The van der Waals surface area contributed by atoms with Crippen molar-refractivity contribution < 1.29 is 15.0 Å². The minimum absolute atomic E-state index is 0.0660. The SMILES string of the molecule is CC1(C)C(O)c2cc(C(=O)O)cc(Cl)c2NC1c1cccc(Br)c1. The Morgan fingerprint density at radius 2 is 2.00 bits per heavy atom. The molecule has 0 radical (unpaired) electrons. The maximum absolute atomic E-state index is 11.3. The Morgan fingerprint density at radius 1 is 1.29 bits per heavy atom. The van der Waals surface area contributed by atoms with Gasteiger partial charge in [0.05, 0.1) is 28.4 Å². The van der Waals surface area contributed by atoms with Crippen molar-refractivity contribution in [3.05, 3.63) is 62.6 Å². The van der Waals surface area contributed by atoms with Gasteiger partial charge >= 0.3 is 5.97 Å². The number of hydrogen-bond acceptors (Lipinski definition) is 3. The number of aromatic carboxylic acids is 1. The van der Waals surface area contributed by atoms with E-state index in [9.17, 15) is 15.0 Å². The number of carboxylic acid groups (broad SMARTS) is 1. The lowest BCUT2D eigenvalue weighted by Gasteiger charge is -2.45. The predicted octanol–water partition coefficient (Wildman–Crippen LogP) is 5.03. The number of carboxylic acids is 1. The van der Waals surface area contributed by atoms with E-state index >= 15 is 0 Å². The zero-order valence-corrected chi connectivity index (χ0v) is 15.5. The summed E-state index contributed by atoms with van der Waals surface area (Å²) in [4.78, 5) is 11.3. The standard InChI is InChI=1S/C18H17BrClNO3/c1-18(2)15(9-4-3-5-11(19)6-9)21-14-12(16(18)22)7-10(17(23)24)8-13(14)20/h3-8,15-16,21-22H,1-2H3,(H,23,24). The topological polar surface area (TPSA) is 69.6 Å². The molecule has 1 aliphatic heterocycles. The van der Waals surface area contributed by atoms with E-state index in [4.69, 9.17) is 11.6 Å². The highest BCUT2D eigenvalue weighted by Crippen LogP contribution is 2.53. The molecular formula is C18H17BrClNO3. The van der Waals surface area contributed by atoms with E-state index in [1.165, 1.54) is 12.1 Å². The van der Waals surface area contributed by atoms with E-state index in [1.54, 1.807) is 0 Å². The molecule has 2 aromatic rings. The molecule has 4 nitrogen and oxygen atoms in total. The zero-order valence-electron chi connectivity index (χ0n) is 13.2. The van der Waals surface area contributed by atoms with Crippen LogP contribution in [0.5, 0.6) is 0 Å². The molecule has 3 N–H and O–H groups in total. The highest BCUT2D eigenvalue weighted by molar-refractivity contribution is 9.10. The lowest BCUT2D eigenvalue weighted by molar-refractivity contribution is 0.0288. The van der Waals surface area contributed by atoms with E-state index in [-0.39, 0.29) is 11.6 Å². The van der Waals surface area contributed by atoms with Gasteiger partial charge in [0, 0.05) is 15.5 Å². The van der Waals surface area contributed by atoms with Gasteiger partial charge in [0.25, 0.3) is 0 Å². The number of aliphatic hydroxyl groups excluding tert-OH is 1. The van der Waals surface area contributed by atoms with Gasteiger partial charge in [-0.25, -0.2) is 4.79 Å². The summed E-state index contributed by atoms with van der Waals surface area (Å²) in [6.45, 7) is 3.89. The van der Waals surface area contributed by atoms with Gasteiger partial charge in [0.1, 0.15) is 0 Å². The van der Waals surface area contributed by atoms with E-state index in [2.05, 4.69) is 21.2 Å². The number of benzene rings is 2. The van der Waals surface area contributed by atoms with Crippen LogP contribution in [0.3, 0.4) is 0 Å². The molecule has 24 heavy (non-hydrogen) atoms. The number of nitrogens with one attached hydrogen (secondary N) is 1. The monoisotopic (exact) mass is 409 g/mol. The average molecular weight is 411 g/mol. The first kappa shape index (κ1) is 17.3. The molecule has 0 fully saturated rings. The Hall–Kier alpha value is -1.56. The average Bonchev–Trinajstić information content (AvgIpc) is 2.51. The number of halogens is 2. The van der Waals surface area contributed by atoms with Crippen LogP contribution in [0.2, 0.25) is 5.02 Å².